The van der Waals surface area contributed by atoms with Crippen molar-refractivity contribution in [1.82, 2.24) is 5.32 Å². The predicted molar refractivity (Wildman–Crippen MR) is 26.4 cm³/mol. The third kappa shape index (κ3) is 3.08. The van der Waals surface area contributed by atoms with E-state index in [2.05, 4.69) is 5.18 Å². The minimum absolute atomic E-state index is 0.854. The minimum atomic E-state index is -1.24. The Balaban J connectivity index is 3.38. The van der Waals surface area contributed by atoms with Crippen LogP contribution in [0.4, 0.5) is 4.79 Å². The lowest BCUT2D eigenvalue weighted by Gasteiger charge is -1.97. The Labute approximate surface area is 45.7 Å². The number of nitrogens with zero attached hydrogens (tertiary/aromatic N) is 1. The van der Waals surface area contributed by atoms with Gasteiger partial charge in [0.15, 0.2) is 6.17 Å². The van der Waals surface area contributed by atoms with Gasteiger partial charge in [0, 0.05) is 0 Å². The van der Waals surface area contributed by atoms with E-state index in [1.165, 1.54) is 6.92 Å². The molecule has 0 aromatic carbocycles. The number of hydrogen-bond acceptors (Lipinski definition) is 3. The third-order valence-electron chi connectivity index (χ3n) is 0.490. The van der Waals surface area contributed by atoms with Crippen LogP contribution in [-0.2, 0) is 0 Å². The number of carboxylic acid groups (broad SMARTS) is 1. The van der Waals surface area contributed by atoms with Crippen molar-refractivity contribution in [3.05, 3.63) is 4.91 Å². The standard InChI is InChI=1S/C3H6N2O3/c1-2(5-8)4-3(6)7/h2,4H,1H3,(H,6,7). The van der Waals surface area contributed by atoms with Crippen molar-refractivity contribution in [1.29, 1.82) is 0 Å². The normalized spacial score (nSPS) is 12.1. The first-order valence-electron chi connectivity index (χ1n) is 1.98. The number of nitrogens with one attached hydrogen (secondary N) is 1. The summed E-state index contributed by atoms with van der Waals surface area (Å²) >= 11 is 0. The first-order chi connectivity index (χ1) is 3.66. The van der Waals surface area contributed by atoms with E-state index < -0.39 is 12.3 Å². The molecule has 0 aliphatic carbocycles. The van der Waals surface area contributed by atoms with E-state index in [9.17, 15) is 9.70 Å². The summed E-state index contributed by atoms with van der Waals surface area (Å²) in [5.74, 6) is 0. The molecule has 46 valence electrons. The summed E-state index contributed by atoms with van der Waals surface area (Å²) in [4.78, 5) is 19.1. The summed E-state index contributed by atoms with van der Waals surface area (Å²) in [6, 6.07) is 0. The van der Waals surface area contributed by atoms with Gasteiger partial charge in [-0.1, -0.05) is 0 Å². The van der Waals surface area contributed by atoms with Crippen molar-refractivity contribution < 1.29 is 9.90 Å². The van der Waals surface area contributed by atoms with Crippen molar-refractivity contribution in [3.8, 4) is 0 Å². The second kappa shape index (κ2) is 2.95. The SMILES string of the molecule is CC(N=O)NC(=O)O. The average Bonchev–Trinajstić information content (AvgIpc) is 1.65. The predicted octanol–water partition coefficient (Wildman–Crippen LogP) is 0.366. The summed E-state index contributed by atoms with van der Waals surface area (Å²) in [6.07, 6.45) is -2.09. The van der Waals surface area contributed by atoms with Gasteiger partial charge in [0.05, 0.1) is 0 Å². The zero-order valence-electron chi connectivity index (χ0n) is 4.29. The summed E-state index contributed by atoms with van der Waals surface area (Å²) in [7, 11) is 0. The van der Waals surface area contributed by atoms with Gasteiger partial charge in [0.1, 0.15) is 0 Å². The van der Waals surface area contributed by atoms with E-state index >= 15 is 0 Å². The van der Waals surface area contributed by atoms with Gasteiger partial charge in [0.2, 0.25) is 0 Å². The van der Waals surface area contributed by atoms with E-state index in [-0.39, 0.29) is 0 Å². The van der Waals surface area contributed by atoms with E-state index in [0.717, 1.165) is 0 Å². The number of nitroso groups, excluding NO2 is 1. The molecule has 0 aromatic heterocycles. The Kier molecular flexibility index (Phi) is 2.53. The molecule has 1 unspecified atom stereocenters. The van der Waals surface area contributed by atoms with Crippen LogP contribution < -0.4 is 5.32 Å². The highest BCUT2D eigenvalue weighted by Gasteiger charge is 2.00. The Bertz CT molecular complexity index is 103. The molecule has 8 heavy (non-hydrogen) atoms. The molecule has 5 nitrogen and oxygen atoms in total. The van der Waals surface area contributed by atoms with Gasteiger partial charge in [-0.25, -0.2) is 4.79 Å². The molecule has 0 heterocycles. The molecule has 5 heteroatoms. The summed E-state index contributed by atoms with van der Waals surface area (Å²) in [5.41, 5.74) is 0. The first kappa shape index (κ1) is 6.87. The van der Waals surface area contributed by atoms with Crippen molar-refractivity contribution >= 4 is 6.09 Å². The highest BCUT2D eigenvalue weighted by molar-refractivity contribution is 5.64. The maximum Gasteiger partial charge on any atom is 0.406 e. The molecule has 0 spiro atoms. The van der Waals surface area contributed by atoms with Crippen LogP contribution in [0, 0.1) is 4.91 Å². The lowest BCUT2D eigenvalue weighted by molar-refractivity contribution is 0.191. The van der Waals surface area contributed by atoms with E-state index in [1.807, 2.05) is 5.32 Å². The molecule has 2 N–H and O–H groups in total. The molecule has 0 fully saturated rings. The van der Waals surface area contributed by atoms with Gasteiger partial charge in [0.25, 0.3) is 0 Å². The number of amides is 1. The fraction of sp³-hybridized carbons (Fsp3) is 0.667. The molecular formula is C3H6N2O3. The topological polar surface area (TPSA) is 78.8 Å². The highest BCUT2D eigenvalue weighted by atomic mass is 16.4. The quantitative estimate of drug-likeness (QED) is 0.514. The summed E-state index contributed by atoms with van der Waals surface area (Å²) in [5, 5.41) is 12.1. The fourth-order valence-electron chi connectivity index (χ4n) is 0.205. The van der Waals surface area contributed by atoms with Crippen LogP contribution in [0.25, 0.3) is 0 Å². The molecule has 0 saturated heterocycles. The smallest absolute Gasteiger partial charge is 0.406 e. The van der Waals surface area contributed by atoms with Gasteiger partial charge in [-0.15, -0.1) is 4.91 Å². The van der Waals surface area contributed by atoms with Crippen molar-refractivity contribution in [2.75, 3.05) is 0 Å². The Morgan fingerprint density at radius 2 is 2.38 bits per heavy atom. The maximum atomic E-state index is 9.66. The number of carbonyl (C=O) groups is 1. The van der Waals surface area contributed by atoms with E-state index in [4.69, 9.17) is 5.11 Å². The number of rotatable bonds is 2. The zero-order valence-corrected chi connectivity index (χ0v) is 4.29. The minimum Gasteiger partial charge on any atom is -0.465 e. The van der Waals surface area contributed by atoms with Crippen molar-refractivity contribution in [3.63, 3.8) is 0 Å². The second-order valence-corrected chi connectivity index (χ2v) is 1.23. The molecular weight excluding hydrogens is 112 g/mol. The van der Waals surface area contributed by atoms with E-state index in [1.54, 1.807) is 0 Å². The molecule has 0 rings (SSSR count). The zero-order chi connectivity index (χ0) is 6.57. The lowest BCUT2D eigenvalue weighted by atomic mass is 10.6. The van der Waals surface area contributed by atoms with E-state index in [0.29, 0.717) is 0 Å². The molecule has 1 atom stereocenters. The van der Waals surface area contributed by atoms with Crippen molar-refractivity contribution in [2.45, 2.75) is 13.1 Å². The molecule has 0 saturated carbocycles. The van der Waals surface area contributed by atoms with Crippen LogP contribution in [0.15, 0.2) is 5.18 Å². The molecule has 0 radical (unpaired) electrons. The third-order valence-corrected chi connectivity index (χ3v) is 0.490. The van der Waals surface area contributed by atoms with Gasteiger partial charge in [-0.2, -0.15) is 0 Å². The summed E-state index contributed by atoms with van der Waals surface area (Å²) in [6.45, 7) is 1.35. The van der Waals surface area contributed by atoms with Gasteiger partial charge in [-0.3, -0.25) is 5.32 Å². The van der Waals surface area contributed by atoms with Crippen LogP contribution in [-0.4, -0.2) is 17.4 Å². The highest BCUT2D eigenvalue weighted by Crippen LogP contribution is 1.78. The first-order valence-corrected chi connectivity index (χ1v) is 1.98. The monoisotopic (exact) mass is 118 g/mol. The van der Waals surface area contributed by atoms with Gasteiger partial charge in [-0.05, 0) is 12.1 Å². The average molecular weight is 118 g/mol. The largest absolute Gasteiger partial charge is 0.465 e. The van der Waals surface area contributed by atoms with Crippen molar-refractivity contribution in [2.24, 2.45) is 5.18 Å². The van der Waals surface area contributed by atoms with Crippen LogP contribution >= 0.6 is 0 Å². The maximum absolute atomic E-state index is 9.66. The Morgan fingerprint density at radius 1 is 1.88 bits per heavy atom. The number of hydrogen-bond donors (Lipinski definition) is 2. The fourth-order valence-corrected chi connectivity index (χ4v) is 0.205. The molecule has 1 amide bonds. The van der Waals surface area contributed by atoms with Crippen LogP contribution in [0.1, 0.15) is 6.92 Å². The van der Waals surface area contributed by atoms with Crippen LogP contribution in [0.2, 0.25) is 0 Å². The molecule has 0 aromatic rings. The second-order valence-electron chi connectivity index (χ2n) is 1.23. The Hall–Kier alpha value is -1.13. The Morgan fingerprint density at radius 3 is 2.50 bits per heavy atom. The lowest BCUT2D eigenvalue weighted by Crippen LogP contribution is -2.28. The van der Waals surface area contributed by atoms with Gasteiger partial charge < -0.3 is 5.11 Å². The molecule has 0 aliphatic heterocycles. The molecule has 0 bridgehead atoms. The summed E-state index contributed by atoms with van der Waals surface area (Å²) < 4.78 is 0. The molecule has 0 aliphatic rings. The van der Waals surface area contributed by atoms with Crippen LogP contribution in [0.5, 0.6) is 0 Å². The van der Waals surface area contributed by atoms with Crippen LogP contribution in [0.3, 0.4) is 0 Å². The van der Waals surface area contributed by atoms with Gasteiger partial charge >= 0.3 is 6.09 Å².